The lowest BCUT2D eigenvalue weighted by molar-refractivity contribution is -0.238. The van der Waals surface area contributed by atoms with Gasteiger partial charge in [-0.2, -0.15) is 0 Å². The molecule has 15 atom stereocenters. The van der Waals surface area contributed by atoms with E-state index in [0.717, 1.165) is 57.8 Å². The molecule has 6 aliphatic rings. The van der Waals surface area contributed by atoms with Crippen molar-refractivity contribution < 1.29 is 35.1 Å². The van der Waals surface area contributed by atoms with Crippen molar-refractivity contribution in [3.63, 3.8) is 0 Å². The van der Waals surface area contributed by atoms with E-state index in [-0.39, 0.29) is 39.6 Å². The second-order valence-corrected chi connectivity index (χ2v) is 17.4. The summed E-state index contributed by atoms with van der Waals surface area (Å²) in [5.41, 5.74) is 0.881. The van der Waals surface area contributed by atoms with E-state index in [4.69, 9.17) is 4.74 Å². The van der Waals surface area contributed by atoms with Crippen LogP contribution in [0.3, 0.4) is 0 Å². The van der Waals surface area contributed by atoms with Gasteiger partial charge in [-0.1, -0.05) is 60.1 Å². The van der Waals surface area contributed by atoms with Crippen molar-refractivity contribution in [1.29, 1.82) is 0 Å². The van der Waals surface area contributed by atoms with Crippen LogP contribution in [0.1, 0.15) is 106 Å². The van der Waals surface area contributed by atoms with Crippen molar-refractivity contribution >= 4 is 5.91 Å². The molecule has 0 aromatic carbocycles. The average Bonchev–Trinajstić information content (AvgIpc) is 2.97. The fraction of sp³-hybridized carbons (Fsp3) is 0.917. The molecule has 1 saturated heterocycles. The van der Waals surface area contributed by atoms with Gasteiger partial charge in [-0.15, -0.1) is 0 Å². The highest BCUT2D eigenvalue weighted by Gasteiger charge is 2.69. The first-order valence-corrected chi connectivity index (χ1v) is 17.5. The highest BCUT2D eigenvalue weighted by Crippen LogP contribution is 2.75. The Morgan fingerprint density at radius 1 is 0.886 bits per heavy atom. The molecule has 0 aromatic rings. The van der Waals surface area contributed by atoms with Crippen molar-refractivity contribution in [1.82, 2.24) is 5.32 Å². The number of aliphatic hydroxyl groups is 5. The first-order chi connectivity index (χ1) is 20.5. The number of allylic oxidation sites excluding steroid dienone is 2. The van der Waals surface area contributed by atoms with Gasteiger partial charge in [-0.25, -0.2) is 0 Å². The summed E-state index contributed by atoms with van der Waals surface area (Å²) < 4.78 is 5.74. The molecule has 1 aliphatic heterocycles. The molecule has 8 nitrogen and oxygen atoms in total. The van der Waals surface area contributed by atoms with Gasteiger partial charge >= 0.3 is 0 Å². The fourth-order valence-corrected chi connectivity index (χ4v) is 12.4. The Labute approximate surface area is 264 Å². The summed E-state index contributed by atoms with van der Waals surface area (Å²) in [6.07, 6.45) is 4.06. The molecule has 5 aliphatic carbocycles. The van der Waals surface area contributed by atoms with E-state index in [1.54, 1.807) is 0 Å². The molecule has 4 saturated carbocycles. The topological polar surface area (TPSA) is 139 Å². The summed E-state index contributed by atoms with van der Waals surface area (Å²) >= 11 is 0. The van der Waals surface area contributed by atoms with Crippen molar-refractivity contribution in [2.45, 2.75) is 143 Å². The summed E-state index contributed by atoms with van der Waals surface area (Å²) in [4.78, 5) is 14.5. The van der Waals surface area contributed by atoms with Crippen molar-refractivity contribution in [3.8, 4) is 0 Å². The number of aliphatic hydroxyl groups excluding tert-OH is 5. The summed E-state index contributed by atoms with van der Waals surface area (Å²) in [7, 11) is 0. The second kappa shape index (κ2) is 10.7. The monoisotopic (exact) mass is 617 g/mol. The molecule has 6 unspecified atom stereocenters. The number of rotatable bonds is 3. The lowest BCUT2D eigenvalue weighted by Crippen LogP contribution is -2.68. The maximum absolute atomic E-state index is 14.5. The van der Waals surface area contributed by atoms with E-state index < -0.39 is 42.7 Å². The Bertz CT molecular complexity index is 1170. The molecule has 44 heavy (non-hydrogen) atoms. The molecule has 6 N–H and O–H groups in total. The number of amides is 1. The number of carbonyl (C=O) groups is 1. The normalized spacial score (nSPS) is 55.0. The molecule has 250 valence electrons. The number of hydrogen-bond donors (Lipinski definition) is 6. The zero-order chi connectivity index (χ0) is 32.2. The Morgan fingerprint density at radius 2 is 1.59 bits per heavy atom. The van der Waals surface area contributed by atoms with Crippen LogP contribution in [-0.2, 0) is 9.53 Å². The molecule has 6 rings (SSSR count). The summed E-state index contributed by atoms with van der Waals surface area (Å²) in [5, 5.41) is 55.2. The minimum absolute atomic E-state index is 0.0486. The standard InChI is InChI=1S/C36H59NO7/c1-19-10-15-36(31(43)37-30-29(42)28(41)27(40)22(18-38)44-30)17-16-34(6)21(26(36)20(19)2)8-9-24-33(5)13-12-25(39)32(3,4)23(33)11-14-35(24,34)7/h8,19-20,22-30,38-42H,9-18H2,1-7H3,(H,37,43)/t19-,20+,22?,23?,24?,25+,26?,27-,28?,29?,30+,33+,34-,35-,36+/m1/s1. The lowest BCUT2D eigenvalue weighted by atomic mass is 9.33. The van der Waals surface area contributed by atoms with Crippen LogP contribution in [0.2, 0.25) is 0 Å². The molecule has 1 amide bonds. The third-order valence-corrected chi connectivity index (χ3v) is 15.6. The minimum Gasteiger partial charge on any atom is -0.394 e. The molecule has 0 spiro atoms. The van der Waals surface area contributed by atoms with E-state index >= 15 is 0 Å². The maximum atomic E-state index is 14.5. The van der Waals surface area contributed by atoms with Crippen LogP contribution in [0.25, 0.3) is 0 Å². The Morgan fingerprint density at radius 3 is 2.27 bits per heavy atom. The predicted octanol–water partition coefficient (Wildman–Crippen LogP) is 3.92. The molecular weight excluding hydrogens is 558 g/mol. The lowest BCUT2D eigenvalue weighted by Gasteiger charge is -2.71. The first kappa shape index (κ1) is 32.9. The molecular formula is C36H59NO7. The Balaban J connectivity index is 1.36. The van der Waals surface area contributed by atoms with Gasteiger partial charge in [-0.05, 0) is 109 Å². The van der Waals surface area contributed by atoms with Gasteiger partial charge in [0, 0.05) is 0 Å². The smallest absolute Gasteiger partial charge is 0.228 e. The van der Waals surface area contributed by atoms with Gasteiger partial charge in [0.05, 0.1) is 18.1 Å². The third-order valence-electron chi connectivity index (χ3n) is 15.6. The van der Waals surface area contributed by atoms with Gasteiger partial charge in [-0.3, -0.25) is 4.79 Å². The van der Waals surface area contributed by atoms with E-state index in [0.29, 0.717) is 23.7 Å². The third kappa shape index (κ3) is 4.26. The van der Waals surface area contributed by atoms with Crippen molar-refractivity contribution in [2.24, 2.45) is 56.7 Å². The molecule has 8 heteroatoms. The molecule has 0 aromatic heterocycles. The summed E-state index contributed by atoms with van der Waals surface area (Å²) in [5.74, 6) is 1.67. The van der Waals surface area contributed by atoms with E-state index in [1.807, 2.05) is 0 Å². The van der Waals surface area contributed by atoms with Crippen LogP contribution >= 0.6 is 0 Å². The number of fused-ring (bicyclic) bond motifs is 7. The first-order valence-electron chi connectivity index (χ1n) is 17.5. The number of hydrogen-bond acceptors (Lipinski definition) is 7. The van der Waals surface area contributed by atoms with Crippen molar-refractivity contribution in [3.05, 3.63) is 11.6 Å². The number of ether oxygens (including phenoxy) is 1. The molecule has 0 radical (unpaired) electrons. The Kier molecular flexibility index (Phi) is 8.03. The largest absolute Gasteiger partial charge is 0.394 e. The number of carbonyl (C=O) groups excluding carboxylic acids is 1. The zero-order valence-electron chi connectivity index (χ0n) is 28.1. The van der Waals surface area contributed by atoms with Crippen LogP contribution in [0, 0.1) is 56.7 Å². The quantitative estimate of drug-likeness (QED) is 0.264. The highest BCUT2D eigenvalue weighted by molar-refractivity contribution is 5.84. The van der Waals surface area contributed by atoms with Crippen LogP contribution < -0.4 is 5.32 Å². The summed E-state index contributed by atoms with van der Waals surface area (Å²) in [6.45, 7) is 16.2. The van der Waals surface area contributed by atoms with Crippen LogP contribution in [0.4, 0.5) is 0 Å². The van der Waals surface area contributed by atoms with E-state index in [1.165, 1.54) is 5.57 Å². The SMILES string of the molecule is C[C@@H]1CC[C@]2(C(=O)N[C@H]3OC(CO)[C@@H](O)C(O)C3O)CC[C@]3(C)C(=CCC4[C@@]5(C)CC[C@H](O)C(C)(C)C5CC[C@]43C)C2[C@H]1C. The Hall–Kier alpha value is -1.03. The highest BCUT2D eigenvalue weighted by atomic mass is 16.6. The van der Waals surface area contributed by atoms with Gasteiger partial charge in [0.15, 0.2) is 6.23 Å². The molecule has 5 fully saturated rings. The molecule has 1 heterocycles. The van der Waals surface area contributed by atoms with Gasteiger partial charge in [0.25, 0.3) is 0 Å². The van der Waals surface area contributed by atoms with Gasteiger partial charge < -0.3 is 35.6 Å². The maximum Gasteiger partial charge on any atom is 0.228 e. The van der Waals surface area contributed by atoms with Gasteiger partial charge in [0.2, 0.25) is 5.91 Å². The van der Waals surface area contributed by atoms with Crippen LogP contribution in [0.5, 0.6) is 0 Å². The predicted molar refractivity (Wildman–Crippen MR) is 167 cm³/mol. The van der Waals surface area contributed by atoms with Crippen LogP contribution in [-0.4, -0.2) is 74.8 Å². The van der Waals surface area contributed by atoms with E-state index in [9.17, 15) is 30.3 Å². The van der Waals surface area contributed by atoms with Gasteiger partial charge in [0.1, 0.15) is 24.4 Å². The summed E-state index contributed by atoms with van der Waals surface area (Å²) in [6, 6.07) is 0. The average molecular weight is 618 g/mol. The number of nitrogens with one attached hydrogen (secondary N) is 1. The molecule has 0 bridgehead atoms. The second-order valence-electron chi connectivity index (χ2n) is 17.4. The van der Waals surface area contributed by atoms with E-state index in [2.05, 4.69) is 59.9 Å². The van der Waals surface area contributed by atoms with Crippen LogP contribution in [0.15, 0.2) is 11.6 Å². The van der Waals surface area contributed by atoms with Crippen molar-refractivity contribution in [2.75, 3.05) is 6.61 Å². The zero-order valence-corrected chi connectivity index (χ0v) is 28.1. The minimum atomic E-state index is -1.53. The fourth-order valence-electron chi connectivity index (χ4n) is 12.4.